The van der Waals surface area contributed by atoms with Crippen LogP contribution in [-0.2, 0) is 4.79 Å². The van der Waals surface area contributed by atoms with Gasteiger partial charge >= 0.3 is 0 Å². The number of carbonyl (C=O) groups is 2. The van der Waals surface area contributed by atoms with Crippen LogP contribution in [0.5, 0.6) is 0 Å². The molecule has 0 aliphatic heterocycles. The third kappa shape index (κ3) is 4.52. The third-order valence-corrected chi connectivity index (χ3v) is 4.61. The summed E-state index contributed by atoms with van der Waals surface area (Å²) >= 11 is 0. The Morgan fingerprint density at radius 3 is 2.64 bits per heavy atom. The molecule has 2 amide bonds. The summed E-state index contributed by atoms with van der Waals surface area (Å²) in [6, 6.07) is 2.42. The molecule has 0 radical (unpaired) electrons. The number of nitrogens with two attached hydrogens (primary N) is 2. The molecule has 2 atom stereocenters. The predicted molar refractivity (Wildman–Crippen MR) is 104 cm³/mol. The molecule has 28 heavy (non-hydrogen) atoms. The first-order chi connectivity index (χ1) is 13.5. The van der Waals surface area contributed by atoms with E-state index in [4.69, 9.17) is 11.5 Å². The van der Waals surface area contributed by atoms with E-state index in [9.17, 15) is 14.0 Å². The summed E-state index contributed by atoms with van der Waals surface area (Å²) in [6.45, 7) is 0. The Labute approximate surface area is 161 Å². The van der Waals surface area contributed by atoms with Crippen LogP contribution in [0, 0.1) is 5.82 Å². The Morgan fingerprint density at radius 1 is 1.18 bits per heavy atom. The number of hydrogen-bond acceptors (Lipinski definition) is 7. The first kappa shape index (κ1) is 19.5. The molecule has 1 aliphatic rings. The molecule has 2 aromatic heterocycles. The molecule has 0 aromatic carbocycles. The summed E-state index contributed by atoms with van der Waals surface area (Å²) < 4.78 is 14.5. The van der Waals surface area contributed by atoms with Gasteiger partial charge in [-0.2, -0.15) is 0 Å². The van der Waals surface area contributed by atoms with E-state index < -0.39 is 11.7 Å². The van der Waals surface area contributed by atoms with Gasteiger partial charge in [0, 0.05) is 12.1 Å². The van der Waals surface area contributed by atoms with Crippen molar-refractivity contribution < 1.29 is 14.0 Å². The maximum atomic E-state index is 14.5. The largest absolute Gasteiger partial charge is 0.365 e. The standard InChI is InChI=1S/C18H22FN7O2/c19-13-6-12(16(21)28)17(24-11-5-10(23-9-27)7-22-8-11)26-18(13)25-15-4-2-1-3-14(15)20/h5-9,14-15H,1-4,20H2,(H2,21,28)(H,23,27)(H2,24,25,26)/t14-,15+/m0/s1. The van der Waals surface area contributed by atoms with E-state index in [-0.39, 0.29) is 29.3 Å². The molecule has 3 rings (SSSR count). The molecular formula is C18H22FN7O2. The number of aromatic nitrogens is 2. The summed E-state index contributed by atoms with van der Waals surface area (Å²) in [5.74, 6) is -1.45. The van der Waals surface area contributed by atoms with Gasteiger partial charge in [-0.3, -0.25) is 14.6 Å². The second kappa shape index (κ2) is 8.61. The van der Waals surface area contributed by atoms with E-state index in [1.165, 1.54) is 12.4 Å². The molecule has 0 saturated heterocycles. The zero-order valence-corrected chi connectivity index (χ0v) is 15.1. The zero-order chi connectivity index (χ0) is 20.1. The number of anilines is 4. The zero-order valence-electron chi connectivity index (χ0n) is 15.1. The molecule has 1 aliphatic carbocycles. The van der Waals surface area contributed by atoms with Crippen LogP contribution in [0.3, 0.4) is 0 Å². The lowest BCUT2D eigenvalue weighted by molar-refractivity contribution is -0.105. The summed E-state index contributed by atoms with van der Waals surface area (Å²) in [5, 5.41) is 8.42. The number of rotatable bonds is 7. The van der Waals surface area contributed by atoms with Gasteiger partial charge in [-0.05, 0) is 25.0 Å². The summed E-state index contributed by atoms with van der Waals surface area (Å²) in [6.07, 6.45) is 7.14. The average Bonchev–Trinajstić information content (AvgIpc) is 2.66. The lowest BCUT2D eigenvalue weighted by Crippen LogP contribution is -2.43. The van der Waals surface area contributed by atoms with Crippen molar-refractivity contribution in [3.63, 3.8) is 0 Å². The second-order valence-electron chi connectivity index (χ2n) is 6.63. The maximum absolute atomic E-state index is 14.5. The summed E-state index contributed by atoms with van der Waals surface area (Å²) in [5.41, 5.74) is 12.3. The Hall–Kier alpha value is -3.27. The van der Waals surface area contributed by atoms with Crippen LogP contribution in [0.25, 0.3) is 0 Å². The highest BCUT2D eigenvalue weighted by Crippen LogP contribution is 2.27. The summed E-state index contributed by atoms with van der Waals surface area (Å²) in [4.78, 5) is 30.5. The van der Waals surface area contributed by atoms with Crippen LogP contribution in [0.1, 0.15) is 36.0 Å². The minimum absolute atomic E-state index is 0.00928. The Bertz CT molecular complexity index is 877. The van der Waals surface area contributed by atoms with Gasteiger partial charge in [0.25, 0.3) is 5.91 Å². The maximum Gasteiger partial charge on any atom is 0.252 e. The van der Waals surface area contributed by atoms with E-state index in [1.807, 2.05) is 0 Å². The van der Waals surface area contributed by atoms with Crippen molar-refractivity contribution in [1.29, 1.82) is 0 Å². The predicted octanol–water partition coefficient (Wildman–Crippen LogP) is 1.71. The monoisotopic (exact) mass is 387 g/mol. The average molecular weight is 387 g/mol. The molecule has 1 fully saturated rings. The molecule has 0 unspecified atom stereocenters. The number of halogens is 1. The van der Waals surface area contributed by atoms with Gasteiger partial charge in [-0.25, -0.2) is 9.37 Å². The van der Waals surface area contributed by atoms with E-state index in [2.05, 4.69) is 25.9 Å². The number of carbonyl (C=O) groups excluding carboxylic acids is 2. The third-order valence-electron chi connectivity index (χ3n) is 4.61. The fourth-order valence-corrected chi connectivity index (χ4v) is 3.18. The highest BCUT2D eigenvalue weighted by molar-refractivity contribution is 5.98. The van der Waals surface area contributed by atoms with Gasteiger partial charge in [-0.15, -0.1) is 0 Å². The van der Waals surface area contributed by atoms with E-state index in [1.54, 1.807) is 6.07 Å². The van der Waals surface area contributed by atoms with Crippen LogP contribution in [0.4, 0.5) is 27.4 Å². The molecule has 148 valence electrons. The number of hydrogen-bond donors (Lipinski definition) is 5. The van der Waals surface area contributed by atoms with Crippen molar-refractivity contribution in [2.24, 2.45) is 11.5 Å². The Kier molecular flexibility index (Phi) is 5.99. The summed E-state index contributed by atoms with van der Waals surface area (Å²) in [7, 11) is 0. The second-order valence-corrected chi connectivity index (χ2v) is 6.63. The fourth-order valence-electron chi connectivity index (χ4n) is 3.18. The lowest BCUT2D eigenvalue weighted by Gasteiger charge is -2.30. The number of nitrogens with one attached hydrogen (secondary N) is 3. The molecule has 7 N–H and O–H groups in total. The number of nitrogens with zero attached hydrogens (tertiary/aromatic N) is 2. The quantitative estimate of drug-likeness (QED) is 0.454. The van der Waals surface area contributed by atoms with E-state index >= 15 is 0 Å². The Morgan fingerprint density at radius 2 is 1.93 bits per heavy atom. The molecule has 1 saturated carbocycles. The van der Waals surface area contributed by atoms with Gasteiger partial charge in [-0.1, -0.05) is 12.8 Å². The van der Waals surface area contributed by atoms with Gasteiger partial charge in [0.2, 0.25) is 6.41 Å². The van der Waals surface area contributed by atoms with E-state index in [0.29, 0.717) is 17.8 Å². The fraction of sp³-hybridized carbons (Fsp3) is 0.333. The van der Waals surface area contributed by atoms with Crippen LogP contribution in [-0.4, -0.2) is 34.4 Å². The molecule has 0 spiro atoms. The lowest BCUT2D eigenvalue weighted by atomic mass is 9.91. The van der Waals surface area contributed by atoms with Crippen molar-refractivity contribution in [2.45, 2.75) is 37.8 Å². The molecular weight excluding hydrogens is 365 g/mol. The van der Waals surface area contributed by atoms with Crippen molar-refractivity contribution in [2.75, 3.05) is 16.0 Å². The molecule has 2 heterocycles. The van der Waals surface area contributed by atoms with Crippen LogP contribution in [0.2, 0.25) is 0 Å². The molecule has 0 bridgehead atoms. The number of amides is 2. The van der Waals surface area contributed by atoms with Gasteiger partial charge in [0.05, 0.1) is 29.3 Å². The van der Waals surface area contributed by atoms with Gasteiger partial charge in [0.1, 0.15) is 5.82 Å². The van der Waals surface area contributed by atoms with Crippen LogP contribution < -0.4 is 27.4 Å². The molecule has 9 nitrogen and oxygen atoms in total. The molecule has 2 aromatic rings. The first-order valence-electron chi connectivity index (χ1n) is 8.92. The van der Waals surface area contributed by atoms with Crippen molar-refractivity contribution >= 4 is 35.3 Å². The SMILES string of the molecule is NC(=O)c1cc(F)c(N[C@@H]2CCCC[C@@H]2N)nc1Nc1cncc(NC=O)c1. The minimum Gasteiger partial charge on any atom is -0.365 e. The van der Waals surface area contributed by atoms with Crippen molar-refractivity contribution in [3.05, 3.63) is 35.9 Å². The molecule has 10 heteroatoms. The van der Waals surface area contributed by atoms with Crippen molar-refractivity contribution in [3.8, 4) is 0 Å². The van der Waals surface area contributed by atoms with E-state index in [0.717, 1.165) is 31.7 Å². The highest BCUT2D eigenvalue weighted by atomic mass is 19.1. The van der Waals surface area contributed by atoms with Crippen molar-refractivity contribution in [1.82, 2.24) is 9.97 Å². The smallest absolute Gasteiger partial charge is 0.252 e. The Balaban J connectivity index is 1.91. The number of primary amides is 1. The van der Waals surface area contributed by atoms with Crippen LogP contribution in [0.15, 0.2) is 24.5 Å². The normalized spacial score (nSPS) is 18.9. The van der Waals surface area contributed by atoms with Gasteiger partial charge in [0.15, 0.2) is 11.6 Å². The topological polar surface area (TPSA) is 148 Å². The van der Waals surface area contributed by atoms with Crippen LogP contribution >= 0.6 is 0 Å². The minimum atomic E-state index is -0.829. The highest BCUT2D eigenvalue weighted by Gasteiger charge is 2.24. The number of pyridine rings is 2. The van der Waals surface area contributed by atoms with Gasteiger partial charge < -0.3 is 27.4 Å². The first-order valence-corrected chi connectivity index (χ1v) is 8.92.